The molecule has 1 fully saturated rings. The minimum atomic E-state index is -3.67. The average molecular weight is 585 g/mol. The van der Waals surface area contributed by atoms with Crippen LogP contribution in [0.3, 0.4) is 0 Å². The molecule has 38 heavy (non-hydrogen) atoms. The average Bonchev–Trinajstić information content (AvgIpc) is 2.87. The van der Waals surface area contributed by atoms with Gasteiger partial charge in [-0.15, -0.1) is 0 Å². The van der Waals surface area contributed by atoms with E-state index in [0.29, 0.717) is 32.2 Å². The molecule has 210 valence electrons. The van der Waals surface area contributed by atoms with Gasteiger partial charge in [0.2, 0.25) is 0 Å². The highest BCUT2D eigenvalue weighted by atomic mass is 35.5. The number of nitrogens with two attached hydrogens (primary N) is 1. The van der Waals surface area contributed by atoms with E-state index in [1.807, 2.05) is 17.8 Å². The summed E-state index contributed by atoms with van der Waals surface area (Å²) >= 11 is 8.15. The molecule has 0 aromatic heterocycles. The van der Waals surface area contributed by atoms with Gasteiger partial charge < -0.3 is 20.3 Å². The molecule has 3 N–H and O–H groups in total. The van der Waals surface area contributed by atoms with E-state index in [-0.39, 0.29) is 5.97 Å². The van der Waals surface area contributed by atoms with Gasteiger partial charge in [0.05, 0.1) is 17.6 Å². The second-order valence-corrected chi connectivity index (χ2v) is 12.2. The molecular formula is C26H37ClN4O5S2. The van der Waals surface area contributed by atoms with Gasteiger partial charge in [0.1, 0.15) is 6.61 Å². The molecule has 1 saturated heterocycles. The van der Waals surface area contributed by atoms with E-state index < -0.39 is 10.1 Å². The number of carbonyl (C=O) groups is 1. The molecule has 0 spiro atoms. The number of esters is 1. The quantitative estimate of drug-likeness (QED) is 0.316. The van der Waals surface area contributed by atoms with E-state index in [4.69, 9.17) is 26.6 Å². The van der Waals surface area contributed by atoms with Crippen LogP contribution in [0.4, 0.5) is 11.4 Å². The number of halogens is 1. The van der Waals surface area contributed by atoms with Crippen molar-refractivity contribution in [1.29, 1.82) is 0 Å². The van der Waals surface area contributed by atoms with Crippen molar-refractivity contribution in [3.63, 3.8) is 0 Å². The van der Waals surface area contributed by atoms with E-state index in [1.54, 1.807) is 0 Å². The second-order valence-electron chi connectivity index (χ2n) is 9.22. The summed E-state index contributed by atoms with van der Waals surface area (Å²) in [5, 5.41) is 0.778. The van der Waals surface area contributed by atoms with Gasteiger partial charge in [0, 0.05) is 60.5 Å². The van der Waals surface area contributed by atoms with Crippen molar-refractivity contribution in [1.82, 2.24) is 9.80 Å². The summed E-state index contributed by atoms with van der Waals surface area (Å²) < 4.78 is 31.2. The van der Waals surface area contributed by atoms with Crippen LogP contribution in [-0.4, -0.2) is 94.0 Å². The zero-order chi connectivity index (χ0) is 27.5. The van der Waals surface area contributed by atoms with E-state index >= 15 is 0 Å². The number of ether oxygens (including phenoxy) is 1. The Labute approximate surface area is 235 Å². The largest absolute Gasteiger partial charge is 0.464 e. The highest BCUT2D eigenvalue weighted by Crippen LogP contribution is 2.48. The van der Waals surface area contributed by atoms with Crippen molar-refractivity contribution in [3.8, 4) is 0 Å². The van der Waals surface area contributed by atoms with Gasteiger partial charge in [0.15, 0.2) is 0 Å². The molecule has 0 saturated carbocycles. The Bertz CT molecular complexity index is 1150. The fourth-order valence-electron chi connectivity index (χ4n) is 4.34. The van der Waals surface area contributed by atoms with Crippen LogP contribution in [0, 0.1) is 0 Å². The van der Waals surface area contributed by atoms with Gasteiger partial charge in [-0.05, 0) is 56.3 Å². The fraction of sp³-hybridized carbons (Fsp3) is 0.500. The Morgan fingerprint density at radius 3 is 2.32 bits per heavy atom. The first kappa shape index (κ1) is 30.7. The van der Waals surface area contributed by atoms with Gasteiger partial charge in [-0.3, -0.25) is 14.2 Å². The molecule has 9 nitrogen and oxygen atoms in total. The zero-order valence-corrected chi connectivity index (χ0v) is 24.1. The SMILES string of the molecule is CS(=O)(=O)O.NCCCC(=O)OCCN1CCN(CCCN2c3ccccc3Sc3ccc(Cl)cc32)CC1. The molecular weight excluding hydrogens is 548 g/mol. The summed E-state index contributed by atoms with van der Waals surface area (Å²) in [5.74, 6) is -0.139. The lowest BCUT2D eigenvalue weighted by Gasteiger charge is -2.36. The summed E-state index contributed by atoms with van der Waals surface area (Å²) in [6.45, 7) is 7.98. The van der Waals surface area contributed by atoms with Crippen LogP contribution in [0.2, 0.25) is 5.02 Å². The number of fused-ring (bicyclic) bond motifs is 2. The molecule has 0 bridgehead atoms. The number of rotatable bonds is 10. The topological polar surface area (TPSA) is 116 Å². The van der Waals surface area contributed by atoms with Gasteiger partial charge in [-0.1, -0.05) is 35.5 Å². The van der Waals surface area contributed by atoms with Gasteiger partial charge >= 0.3 is 5.97 Å². The van der Waals surface area contributed by atoms with Crippen LogP contribution in [0.15, 0.2) is 52.3 Å². The molecule has 2 aliphatic heterocycles. The summed E-state index contributed by atoms with van der Waals surface area (Å²) in [7, 11) is -3.67. The summed E-state index contributed by atoms with van der Waals surface area (Å²) in [5.41, 5.74) is 7.90. The minimum absolute atomic E-state index is 0.139. The molecule has 2 aromatic carbocycles. The molecule has 0 atom stereocenters. The predicted octanol–water partition coefficient (Wildman–Crippen LogP) is 3.74. The van der Waals surface area contributed by atoms with Crippen LogP contribution in [0.1, 0.15) is 19.3 Å². The first-order valence-corrected chi connectivity index (χ1v) is 15.7. The van der Waals surface area contributed by atoms with Gasteiger partial charge in [0.25, 0.3) is 10.1 Å². The van der Waals surface area contributed by atoms with Crippen molar-refractivity contribution in [3.05, 3.63) is 47.5 Å². The molecule has 2 heterocycles. The number of hydrogen-bond donors (Lipinski definition) is 2. The molecule has 0 unspecified atom stereocenters. The molecule has 4 rings (SSSR count). The molecule has 0 radical (unpaired) electrons. The summed E-state index contributed by atoms with van der Waals surface area (Å²) in [4.78, 5) is 21.5. The highest BCUT2D eigenvalue weighted by Gasteiger charge is 2.24. The zero-order valence-electron chi connectivity index (χ0n) is 21.7. The minimum Gasteiger partial charge on any atom is -0.464 e. The van der Waals surface area contributed by atoms with E-state index in [0.717, 1.165) is 57.3 Å². The third kappa shape index (κ3) is 10.4. The maximum atomic E-state index is 11.6. The molecule has 0 aliphatic carbocycles. The molecule has 0 amide bonds. The lowest BCUT2D eigenvalue weighted by Crippen LogP contribution is -2.47. The number of anilines is 2. The number of carbonyl (C=O) groups excluding carboxylic acids is 1. The Kier molecular flexibility index (Phi) is 12.2. The first-order chi connectivity index (χ1) is 18.1. The maximum absolute atomic E-state index is 11.6. The number of nitrogens with zero attached hydrogens (tertiary/aromatic N) is 3. The number of hydrogen-bond acceptors (Lipinski definition) is 9. The fourth-order valence-corrected chi connectivity index (χ4v) is 5.58. The molecule has 2 aliphatic rings. The number of piperazine rings is 1. The monoisotopic (exact) mass is 584 g/mol. The van der Waals surface area contributed by atoms with Crippen LogP contribution < -0.4 is 10.6 Å². The predicted molar refractivity (Wildman–Crippen MR) is 153 cm³/mol. The van der Waals surface area contributed by atoms with E-state index in [9.17, 15) is 13.2 Å². The third-order valence-electron chi connectivity index (χ3n) is 6.16. The van der Waals surface area contributed by atoms with Crippen molar-refractivity contribution in [2.24, 2.45) is 5.73 Å². The van der Waals surface area contributed by atoms with Crippen molar-refractivity contribution >= 4 is 50.8 Å². The lowest BCUT2D eigenvalue weighted by molar-refractivity contribution is -0.144. The van der Waals surface area contributed by atoms with Gasteiger partial charge in [-0.25, -0.2) is 0 Å². The Morgan fingerprint density at radius 1 is 1.00 bits per heavy atom. The summed E-state index contributed by atoms with van der Waals surface area (Å²) in [6.07, 6.45) is 2.91. The normalized spacial score (nSPS) is 15.7. The first-order valence-electron chi connectivity index (χ1n) is 12.7. The van der Waals surface area contributed by atoms with Crippen molar-refractivity contribution in [2.75, 3.05) is 70.1 Å². The van der Waals surface area contributed by atoms with Gasteiger partial charge in [-0.2, -0.15) is 8.42 Å². The molecule has 12 heteroatoms. The Balaban J connectivity index is 0.000000732. The highest BCUT2D eigenvalue weighted by molar-refractivity contribution is 7.99. The number of para-hydroxylation sites is 1. The maximum Gasteiger partial charge on any atom is 0.305 e. The van der Waals surface area contributed by atoms with Crippen LogP contribution in [0.5, 0.6) is 0 Å². The van der Waals surface area contributed by atoms with Crippen LogP contribution in [0.25, 0.3) is 0 Å². The van der Waals surface area contributed by atoms with E-state index in [1.165, 1.54) is 21.2 Å². The second kappa shape index (κ2) is 15.1. The van der Waals surface area contributed by atoms with Crippen molar-refractivity contribution in [2.45, 2.75) is 29.1 Å². The Hall–Kier alpha value is -1.86. The standard InChI is InChI=1S/C25H33ClN4O2S.CH4O3S/c26-20-8-9-24-22(19-20)30(21-5-1-2-6-23(21)33-24)12-4-11-28-13-15-29(16-14-28)17-18-32-25(31)7-3-10-27;1-5(2,3)4/h1-2,5-6,8-9,19H,3-4,7,10-18,27H2;1H3,(H,2,3,4). The Morgan fingerprint density at radius 2 is 1.63 bits per heavy atom. The molecule has 2 aromatic rings. The smallest absolute Gasteiger partial charge is 0.305 e. The lowest BCUT2D eigenvalue weighted by atomic mass is 10.2. The summed E-state index contributed by atoms with van der Waals surface area (Å²) in [6, 6.07) is 14.8. The van der Waals surface area contributed by atoms with Crippen molar-refractivity contribution < 1.29 is 22.5 Å². The van der Waals surface area contributed by atoms with E-state index in [2.05, 4.69) is 51.1 Å². The number of benzene rings is 2. The van der Waals surface area contributed by atoms with Crippen LogP contribution in [-0.2, 0) is 19.6 Å². The third-order valence-corrected chi connectivity index (χ3v) is 7.53. The van der Waals surface area contributed by atoms with Crippen LogP contribution >= 0.6 is 23.4 Å².